The van der Waals surface area contributed by atoms with Crippen molar-refractivity contribution in [2.45, 2.75) is 44.6 Å². The summed E-state index contributed by atoms with van der Waals surface area (Å²) in [5, 5.41) is 4.07. The lowest BCUT2D eigenvalue weighted by molar-refractivity contribution is -0.140. The molecule has 21 heavy (non-hydrogen) atoms. The van der Waals surface area contributed by atoms with Crippen LogP contribution in [0.2, 0.25) is 0 Å². The number of piperazine rings is 1. The largest absolute Gasteiger partial charge is 0.340 e. The van der Waals surface area contributed by atoms with E-state index in [2.05, 4.69) is 15.0 Å². The molecule has 4 rings (SSSR count). The quantitative estimate of drug-likeness (QED) is 0.838. The van der Waals surface area contributed by atoms with Gasteiger partial charge in [0.15, 0.2) is 5.82 Å². The maximum atomic E-state index is 12.2. The van der Waals surface area contributed by atoms with Gasteiger partial charge >= 0.3 is 0 Å². The van der Waals surface area contributed by atoms with E-state index >= 15 is 0 Å². The summed E-state index contributed by atoms with van der Waals surface area (Å²) in [6.45, 7) is 4.23. The smallest absolute Gasteiger partial charge is 0.229 e. The zero-order valence-electron chi connectivity index (χ0n) is 12.3. The van der Waals surface area contributed by atoms with Crippen molar-refractivity contribution >= 4 is 5.91 Å². The lowest BCUT2D eigenvalue weighted by atomic mass is 9.84. The molecule has 1 amide bonds. The summed E-state index contributed by atoms with van der Waals surface area (Å²) in [5.74, 6) is 2.80. The van der Waals surface area contributed by atoms with E-state index in [4.69, 9.17) is 4.52 Å². The summed E-state index contributed by atoms with van der Waals surface area (Å²) in [7, 11) is 0. The van der Waals surface area contributed by atoms with Crippen LogP contribution in [0, 0.1) is 5.92 Å². The van der Waals surface area contributed by atoms with Gasteiger partial charge in [-0.3, -0.25) is 9.69 Å². The third-order valence-electron chi connectivity index (χ3n) is 4.91. The molecule has 114 valence electrons. The van der Waals surface area contributed by atoms with E-state index < -0.39 is 0 Å². The number of rotatable bonds is 4. The Hall–Kier alpha value is -1.43. The number of nitrogens with zero attached hydrogens (tertiary/aromatic N) is 4. The molecule has 0 atom stereocenters. The minimum Gasteiger partial charge on any atom is -0.340 e. The van der Waals surface area contributed by atoms with Crippen molar-refractivity contribution in [1.29, 1.82) is 0 Å². The highest BCUT2D eigenvalue weighted by Gasteiger charge is 2.32. The van der Waals surface area contributed by atoms with Crippen LogP contribution in [0.1, 0.15) is 49.7 Å². The van der Waals surface area contributed by atoms with Crippen molar-refractivity contribution in [2.75, 3.05) is 26.2 Å². The van der Waals surface area contributed by atoms with Crippen molar-refractivity contribution in [3.05, 3.63) is 11.7 Å². The van der Waals surface area contributed by atoms with E-state index in [9.17, 15) is 4.79 Å². The molecule has 6 heteroatoms. The van der Waals surface area contributed by atoms with Crippen LogP contribution in [-0.2, 0) is 11.3 Å². The normalized spacial score (nSPS) is 24.1. The maximum absolute atomic E-state index is 12.2. The zero-order chi connectivity index (χ0) is 14.2. The number of amides is 1. The molecular weight excluding hydrogens is 268 g/mol. The molecule has 3 fully saturated rings. The van der Waals surface area contributed by atoms with Crippen molar-refractivity contribution in [3.8, 4) is 0 Å². The van der Waals surface area contributed by atoms with Gasteiger partial charge in [-0.05, 0) is 25.7 Å². The second-order valence-electron chi connectivity index (χ2n) is 6.55. The number of carbonyl (C=O) groups excluding carboxylic acids is 1. The summed E-state index contributed by atoms with van der Waals surface area (Å²) in [6.07, 6.45) is 5.77. The monoisotopic (exact) mass is 290 g/mol. The molecule has 1 aliphatic heterocycles. The molecule has 1 aromatic rings. The number of hydrogen-bond donors (Lipinski definition) is 0. The van der Waals surface area contributed by atoms with Gasteiger partial charge in [-0.2, -0.15) is 4.98 Å². The lowest BCUT2D eigenvalue weighted by Gasteiger charge is -2.37. The van der Waals surface area contributed by atoms with Gasteiger partial charge < -0.3 is 9.42 Å². The summed E-state index contributed by atoms with van der Waals surface area (Å²) in [6, 6.07) is 0. The fraction of sp³-hybridized carbons (Fsp3) is 0.800. The van der Waals surface area contributed by atoms with Gasteiger partial charge in [0.05, 0.1) is 6.54 Å². The van der Waals surface area contributed by atoms with E-state index in [1.807, 2.05) is 4.90 Å². The lowest BCUT2D eigenvalue weighted by Crippen LogP contribution is -2.50. The molecule has 0 aromatic carbocycles. The van der Waals surface area contributed by atoms with Crippen molar-refractivity contribution in [1.82, 2.24) is 19.9 Å². The molecule has 2 saturated carbocycles. The van der Waals surface area contributed by atoms with Crippen LogP contribution in [0.5, 0.6) is 0 Å². The van der Waals surface area contributed by atoms with E-state index in [-0.39, 0.29) is 0 Å². The van der Waals surface area contributed by atoms with Gasteiger partial charge in [-0.1, -0.05) is 11.6 Å². The number of carbonyl (C=O) groups is 1. The van der Waals surface area contributed by atoms with Crippen LogP contribution in [-0.4, -0.2) is 52.0 Å². The van der Waals surface area contributed by atoms with Gasteiger partial charge in [-0.25, -0.2) is 0 Å². The Balaban J connectivity index is 1.27. The number of hydrogen-bond acceptors (Lipinski definition) is 5. The van der Waals surface area contributed by atoms with Crippen molar-refractivity contribution in [2.24, 2.45) is 5.92 Å². The topological polar surface area (TPSA) is 62.5 Å². The highest BCUT2D eigenvalue weighted by Crippen LogP contribution is 2.38. The Kier molecular flexibility index (Phi) is 3.41. The molecule has 0 bridgehead atoms. The molecule has 0 unspecified atom stereocenters. The van der Waals surface area contributed by atoms with E-state index in [1.54, 1.807) is 0 Å². The highest BCUT2D eigenvalue weighted by molar-refractivity contribution is 5.79. The maximum Gasteiger partial charge on any atom is 0.229 e. The van der Waals surface area contributed by atoms with Crippen LogP contribution < -0.4 is 0 Å². The van der Waals surface area contributed by atoms with Crippen molar-refractivity contribution < 1.29 is 9.32 Å². The predicted molar refractivity (Wildman–Crippen MR) is 75.5 cm³/mol. The molecule has 3 aliphatic rings. The molecular formula is C15H22N4O2. The first-order valence-electron chi connectivity index (χ1n) is 8.13. The summed E-state index contributed by atoms with van der Waals surface area (Å²) in [4.78, 5) is 21.0. The SMILES string of the molecule is O=C(C1CCC1)N1CCN(Cc2noc(C3CC3)n2)CC1. The van der Waals surface area contributed by atoms with Gasteiger partial charge in [-0.15, -0.1) is 0 Å². The molecule has 6 nitrogen and oxygen atoms in total. The molecule has 0 N–H and O–H groups in total. The molecule has 0 radical (unpaired) electrons. The van der Waals surface area contributed by atoms with Gasteiger partial charge in [0.25, 0.3) is 0 Å². The van der Waals surface area contributed by atoms with E-state index in [0.29, 0.717) is 17.7 Å². The van der Waals surface area contributed by atoms with Gasteiger partial charge in [0.2, 0.25) is 11.8 Å². The second-order valence-corrected chi connectivity index (χ2v) is 6.55. The average Bonchev–Trinajstić information content (AvgIpc) is 3.19. The second kappa shape index (κ2) is 5.40. The fourth-order valence-corrected chi connectivity index (χ4v) is 3.07. The Labute approximate surface area is 124 Å². The Morgan fingerprint density at radius 3 is 2.52 bits per heavy atom. The Morgan fingerprint density at radius 2 is 1.90 bits per heavy atom. The molecule has 0 spiro atoms. The summed E-state index contributed by atoms with van der Waals surface area (Å²) in [5.41, 5.74) is 0. The molecule has 2 heterocycles. The van der Waals surface area contributed by atoms with Crippen LogP contribution >= 0.6 is 0 Å². The first-order chi connectivity index (χ1) is 10.3. The zero-order valence-corrected chi connectivity index (χ0v) is 12.3. The third kappa shape index (κ3) is 2.81. The fourth-order valence-electron chi connectivity index (χ4n) is 3.07. The predicted octanol–water partition coefficient (Wildman–Crippen LogP) is 1.39. The highest BCUT2D eigenvalue weighted by atomic mass is 16.5. The standard InChI is InChI=1S/C15H22N4O2/c20-15(12-2-1-3-12)19-8-6-18(7-9-19)10-13-16-14(21-17-13)11-4-5-11/h11-12H,1-10H2. The van der Waals surface area contributed by atoms with Crippen molar-refractivity contribution in [3.63, 3.8) is 0 Å². The first kappa shape index (κ1) is 13.2. The van der Waals surface area contributed by atoms with Crippen LogP contribution in [0.4, 0.5) is 0 Å². The number of aromatic nitrogens is 2. The van der Waals surface area contributed by atoms with E-state index in [0.717, 1.165) is 57.3 Å². The molecule has 1 saturated heterocycles. The van der Waals surface area contributed by atoms with Crippen LogP contribution in [0.3, 0.4) is 0 Å². The molecule has 1 aromatic heterocycles. The van der Waals surface area contributed by atoms with Crippen LogP contribution in [0.15, 0.2) is 4.52 Å². The minimum absolute atomic E-state index is 0.315. The molecule has 2 aliphatic carbocycles. The van der Waals surface area contributed by atoms with Crippen LogP contribution in [0.25, 0.3) is 0 Å². The summed E-state index contributed by atoms with van der Waals surface area (Å²) < 4.78 is 5.29. The third-order valence-corrected chi connectivity index (χ3v) is 4.91. The minimum atomic E-state index is 0.315. The van der Waals surface area contributed by atoms with Gasteiger partial charge in [0.1, 0.15) is 0 Å². The first-order valence-corrected chi connectivity index (χ1v) is 8.13. The Morgan fingerprint density at radius 1 is 1.14 bits per heavy atom. The Bertz CT molecular complexity index is 513. The average molecular weight is 290 g/mol. The summed E-state index contributed by atoms with van der Waals surface area (Å²) >= 11 is 0. The van der Waals surface area contributed by atoms with E-state index in [1.165, 1.54) is 19.3 Å². The van der Waals surface area contributed by atoms with Gasteiger partial charge in [0, 0.05) is 38.0 Å².